The summed E-state index contributed by atoms with van der Waals surface area (Å²) >= 11 is 0. The summed E-state index contributed by atoms with van der Waals surface area (Å²) in [5.74, 6) is 0.921. The molecule has 0 aliphatic heterocycles. The highest BCUT2D eigenvalue weighted by atomic mass is 16.5. The fourth-order valence-corrected chi connectivity index (χ4v) is 2.03. The number of hydrogen-bond donors (Lipinski definition) is 0. The van der Waals surface area contributed by atoms with E-state index in [4.69, 9.17) is 4.74 Å². The molecule has 21 heavy (non-hydrogen) atoms. The molecule has 0 radical (unpaired) electrons. The lowest BCUT2D eigenvalue weighted by Gasteiger charge is -2.06. The molecule has 0 N–H and O–H groups in total. The largest absolute Gasteiger partial charge is 0.494 e. The maximum Gasteiger partial charge on any atom is 0.167 e. The Hall–Kier alpha value is -2.10. The second-order valence-corrected chi connectivity index (χ2v) is 5.03. The maximum absolute atomic E-state index is 12.2. The normalized spacial score (nSPS) is 10.6. The molecule has 0 fully saturated rings. The first-order valence-electron chi connectivity index (χ1n) is 7.50. The second kappa shape index (κ2) is 7.62. The fraction of sp³-hybridized carbons (Fsp3) is 0.412. The number of unbranched alkanes of at least 4 members (excludes halogenated alkanes) is 1. The lowest BCUT2D eigenvalue weighted by molar-refractivity contribution is 0.0993. The van der Waals surface area contributed by atoms with Gasteiger partial charge in [0.25, 0.3) is 0 Å². The smallest absolute Gasteiger partial charge is 0.167 e. The molecule has 0 bridgehead atoms. The Morgan fingerprint density at radius 3 is 2.62 bits per heavy atom. The van der Waals surface area contributed by atoms with Crippen LogP contribution in [0.15, 0.2) is 36.7 Å². The number of benzene rings is 1. The molecule has 2 rings (SSSR count). The van der Waals surface area contributed by atoms with Gasteiger partial charge in [-0.1, -0.05) is 13.3 Å². The predicted molar refractivity (Wildman–Crippen MR) is 82.8 cm³/mol. The molecule has 4 heteroatoms. The van der Waals surface area contributed by atoms with Crippen molar-refractivity contribution in [2.24, 2.45) is 0 Å². The van der Waals surface area contributed by atoms with Gasteiger partial charge in [-0.05, 0) is 43.2 Å². The van der Waals surface area contributed by atoms with Crippen LogP contribution in [0.3, 0.4) is 0 Å². The number of aryl methyl sites for hydroxylation is 1. The Morgan fingerprint density at radius 1 is 1.24 bits per heavy atom. The van der Waals surface area contributed by atoms with Gasteiger partial charge >= 0.3 is 0 Å². The van der Waals surface area contributed by atoms with Crippen LogP contribution in [0.5, 0.6) is 5.75 Å². The van der Waals surface area contributed by atoms with Crippen molar-refractivity contribution in [3.63, 3.8) is 0 Å². The average molecular weight is 286 g/mol. The maximum atomic E-state index is 12.2. The summed E-state index contributed by atoms with van der Waals surface area (Å²) in [6.45, 7) is 5.69. The molecule has 1 aromatic heterocycles. The Labute approximate surface area is 125 Å². The van der Waals surface area contributed by atoms with E-state index >= 15 is 0 Å². The highest BCUT2D eigenvalue weighted by molar-refractivity contribution is 5.97. The van der Waals surface area contributed by atoms with Crippen molar-refractivity contribution in [1.29, 1.82) is 0 Å². The number of Topliss-reactive ketones (excluding diaryl/α,β-unsaturated/α-hetero) is 1. The third kappa shape index (κ3) is 4.45. The van der Waals surface area contributed by atoms with Crippen LogP contribution in [0.2, 0.25) is 0 Å². The van der Waals surface area contributed by atoms with Crippen molar-refractivity contribution in [2.45, 2.75) is 39.7 Å². The minimum Gasteiger partial charge on any atom is -0.494 e. The number of aromatic nitrogens is 2. The highest BCUT2D eigenvalue weighted by Gasteiger charge is 2.09. The van der Waals surface area contributed by atoms with Crippen molar-refractivity contribution in [1.82, 2.24) is 9.78 Å². The van der Waals surface area contributed by atoms with E-state index in [1.807, 2.05) is 42.1 Å². The molecule has 0 unspecified atom stereocenters. The zero-order valence-electron chi connectivity index (χ0n) is 12.7. The van der Waals surface area contributed by atoms with Crippen molar-refractivity contribution in [3.05, 3.63) is 47.8 Å². The molecule has 0 aliphatic carbocycles. The molecular weight excluding hydrogens is 264 g/mol. The zero-order valence-corrected chi connectivity index (χ0v) is 12.7. The first-order valence-corrected chi connectivity index (χ1v) is 7.50. The van der Waals surface area contributed by atoms with Crippen LogP contribution in [-0.2, 0) is 13.0 Å². The van der Waals surface area contributed by atoms with Gasteiger partial charge in [-0.25, -0.2) is 0 Å². The molecule has 0 aliphatic rings. The van der Waals surface area contributed by atoms with Crippen molar-refractivity contribution >= 4 is 5.78 Å². The lowest BCUT2D eigenvalue weighted by Crippen LogP contribution is -2.03. The number of carbonyl (C=O) groups excluding carboxylic acids is 1. The number of nitrogens with zero attached hydrogens (tertiary/aromatic N) is 2. The molecule has 4 nitrogen and oxygen atoms in total. The number of ether oxygens (including phenoxy) is 1. The van der Waals surface area contributed by atoms with Crippen LogP contribution >= 0.6 is 0 Å². The van der Waals surface area contributed by atoms with Crippen molar-refractivity contribution < 1.29 is 9.53 Å². The van der Waals surface area contributed by atoms with Gasteiger partial charge in [-0.3, -0.25) is 9.48 Å². The summed E-state index contributed by atoms with van der Waals surface area (Å²) in [6.07, 6.45) is 6.21. The monoisotopic (exact) mass is 286 g/mol. The minimum atomic E-state index is 0.103. The van der Waals surface area contributed by atoms with Crippen LogP contribution in [0, 0.1) is 0 Å². The van der Waals surface area contributed by atoms with Crippen molar-refractivity contribution in [3.8, 4) is 5.75 Å². The number of rotatable bonds is 8. The van der Waals surface area contributed by atoms with E-state index in [1.54, 1.807) is 6.20 Å². The van der Waals surface area contributed by atoms with Gasteiger partial charge in [0.15, 0.2) is 5.78 Å². The van der Waals surface area contributed by atoms with E-state index in [9.17, 15) is 4.79 Å². The van der Waals surface area contributed by atoms with E-state index < -0.39 is 0 Å². The quantitative estimate of drug-likeness (QED) is 0.551. The highest BCUT2D eigenvalue weighted by Crippen LogP contribution is 2.14. The summed E-state index contributed by atoms with van der Waals surface area (Å²) in [5, 5.41) is 4.18. The van der Waals surface area contributed by atoms with Gasteiger partial charge in [0.05, 0.1) is 12.8 Å². The van der Waals surface area contributed by atoms with E-state index in [2.05, 4.69) is 12.0 Å². The third-order valence-electron chi connectivity index (χ3n) is 3.32. The molecule has 0 saturated carbocycles. The van der Waals surface area contributed by atoms with Crippen LogP contribution in [0.1, 0.15) is 42.6 Å². The Bertz CT molecular complexity index is 573. The molecule has 0 spiro atoms. The van der Waals surface area contributed by atoms with Gasteiger partial charge in [0.2, 0.25) is 0 Å². The van der Waals surface area contributed by atoms with E-state index in [0.717, 1.165) is 37.3 Å². The summed E-state index contributed by atoms with van der Waals surface area (Å²) in [4.78, 5) is 12.2. The molecule has 112 valence electrons. The van der Waals surface area contributed by atoms with Crippen LogP contribution in [0.4, 0.5) is 0 Å². The van der Waals surface area contributed by atoms with Gasteiger partial charge in [0, 0.05) is 24.7 Å². The summed E-state index contributed by atoms with van der Waals surface area (Å²) in [6, 6.07) is 7.37. The van der Waals surface area contributed by atoms with Crippen LogP contribution < -0.4 is 4.74 Å². The molecular formula is C17H22N2O2. The Kier molecular flexibility index (Phi) is 5.55. The van der Waals surface area contributed by atoms with E-state index in [1.165, 1.54) is 0 Å². The SMILES string of the molecule is CCCCOc1ccc(C(=O)Cc2cnn(CC)c2)cc1. The van der Waals surface area contributed by atoms with Crippen LogP contribution in [-0.4, -0.2) is 22.2 Å². The summed E-state index contributed by atoms with van der Waals surface area (Å²) in [5.41, 5.74) is 1.66. The first-order chi connectivity index (χ1) is 10.2. The van der Waals surface area contributed by atoms with Crippen molar-refractivity contribution in [2.75, 3.05) is 6.61 Å². The zero-order chi connectivity index (χ0) is 15.1. The van der Waals surface area contributed by atoms with Gasteiger partial charge in [-0.2, -0.15) is 5.10 Å². The number of hydrogen-bond acceptors (Lipinski definition) is 3. The van der Waals surface area contributed by atoms with E-state index in [0.29, 0.717) is 12.0 Å². The molecule has 0 amide bonds. The molecule has 1 aromatic carbocycles. The van der Waals surface area contributed by atoms with E-state index in [-0.39, 0.29) is 5.78 Å². The molecule has 1 heterocycles. The third-order valence-corrected chi connectivity index (χ3v) is 3.32. The Balaban J connectivity index is 1.93. The predicted octanol–water partition coefficient (Wildman–Crippen LogP) is 3.51. The lowest BCUT2D eigenvalue weighted by atomic mass is 10.1. The first kappa shape index (κ1) is 15.3. The average Bonchev–Trinajstić information content (AvgIpc) is 2.96. The summed E-state index contributed by atoms with van der Waals surface area (Å²) < 4.78 is 7.42. The topological polar surface area (TPSA) is 44.1 Å². The number of ketones is 1. The Morgan fingerprint density at radius 2 is 2.00 bits per heavy atom. The molecule has 0 saturated heterocycles. The van der Waals surface area contributed by atoms with Crippen LogP contribution in [0.25, 0.3) is 0 Å². The number of carbonyl (C=O) groups is 1. The van der Waals surface area contributed by atoms with Gasteiger partial charge < -0.3 is 4.74 Å². The van der Waals surface area contributed by atoms with Gasteiger partial charge in [0.1, 0.15) is 5.75 Å². The summed E-state index contributed by atoms with van der Waals surface area (Å²) in [7, 11) is 0. The fourth-order valence-electron chi connectivity index (χ4n) is 2.03. The standard InChI is InChI=1S/C17H22N2O2/c1-3-5-10-21-16-8-6-15(7-9-16)17(20)11-14-12-18-19(4-2)13-14/h6-9,12-13H,3-5,10-11H2,1-2H3. The minimum absolute atomic E-state index is 0.103. The molecule has 0 atom stereocenters. The van der Waals surface area contributed by atoms with Gasteiger partial charge in [-0.15, -0.1) is 0 Å². The second-order valence-electron chi connectivity index (χ2n) is 5.03. The molecule has 2 aromatic rings.